The van der Waals surface area contributed by atoms with Gasteiger partial charge in [0.05, 0.1) is 12.7 Å². The molecule has 3 aromatic rings. The summed E-state index contributed by atoms with van der Waals surface area (Å²) in [5, 5.41) is 22.6. The number of aromatic hydroxyl groups is 1. The Morgan fingerprint density at radius 2 is 1.65 bits per heavy atom. The lowest BCUT2D eigenvalue weighted by atomic mass is 9.91. The molecular weight excluding hydrogens is 430 g/mol. The lowest BCUT2D eigenvalue weighted by Gasteiger charge is -2.37. The number of phenols is 1. The van der Waals surface area contributed by atoms with Crippen molar-refractivity contribution in [1.82, 2.24) is 0 Å². The van der Waals surface area contributed by atoms with Crippen molar-refractivity contribution in [3.8, 4) is 5.75 Å². The molecule has 0 amide bonds. The molecule has 1 aliphatic rings. The van der Waals surface area contributed by atoms with Gasteiger partial charge in [-0.15, -0.1) is 0 Å². The average Bonchev–Trinajstić information content (AvgIpc) is 2.85. The van der Waals surface area contributed by atoms with E-state index in [-0.39, 0.29) is 24.2 Å². The molecule has 3 N–H and O–H groups in total. The first-order valence-corrected chi connectivity index (χ1v) is 11.4. The normalized spacial score (nSPS) is 20.3. The summed E-state index contributed by atoms with van der Waals surface area (Å²) < 4.78 is 12.4. The highest BCUT2D eigenvalue weighted by atomic mass is 16.7. The number of allylic oxidation sites excluding steroid dienone is 2. The van der Waals surface area contributed by atoms with Crippen LogP contribution >= 0.6 is 0 Å². The highest BCUT2D eigenvalue weighted by Crippen LogP contribution is 2.42. The summed E-state index contributed by atoms with van der Waals surface area (Å²) in [5.74, 6) is -0.631. The molecular formula is C28H29NO5. The smallest absolute Gasteiger partial charge is 0.303 e. The summed E-state index contributed by atoms with van der Waals surface area (Å²) in [6.07, 6.45) is 4.18. The molecule has 1 aliphatic heterocycles. The predicted molar refractivity (Wildman–Crippen MR) is 131 cm³/mol. The van der Waals surface area contributed by atoms with Gasteiger partial charge in [0.25, 0.3) is 0 Å². The molecule has 0 bridgehead atoms. The lowest BCUT2D eigenvalue weighted by molar-refractivity contribution is -0.244. The van der Waals surface area contributed by atoms with Crippen LogP contribution in [-0.2, 0) is 14.3 Å². The molecule has 176 valence electrons. The Hall–Kier alpha value is -3.61. The monoisotopic (exact) mass is 459 g/mol. The van der Waals surface area contributed by atoms with Gasteiger partial charge in [-0.05, 0) is 43.2 Å². The molecule has 1 fully saturated rings. The van der Waals surface area contributed by atoms with Crippen LogP contribution in [0.25, 0.3) is 0 Å². The van der Waals surface area contributed by atoms with Gasteiger partial charge in [-0.1, -0.05) is 60.7 Å². The van der Waals surface area contributed by atoms with Gasteiger partial charge in [0.2, 0.25) is 0 Å². The van der Waals surface area contributed by atoms with E-state index in [2.05, 4.69) is 5.32 Å². The molecule has 6 heteroatoms. The number of anilines is 2. The Kier molecular flexibility index (Phi) is 7.96. The van der Waals surface area contributed by atoms with Crippen LogP contribution in [0, 0.1) is 5.92 Å². The van der Waals surface area contributed by atoms with Crippen LogP contribution < -0.4 is 5.32 Å². The minimum absolute atomic E-state index is 0.00958. The number of carboxylic acids is 1. The van der Waals surface area contributed by atoms with Crippen LogP contribution in [0.5, 0.6) is 5.75 Å². The highest BCUT2D eigenvalue weighted by molar-refractivity contribution is 5.66. The topological polar surface area (TPSA) is 88.0 Å². The number of hydrogen-bond acceptors (Lipinski definition) is 5. The second-order valence-corrected chi connectivity index (χ2v) is 8.29. The molecule has 34 heavy (non-hydrogen) atoms. The van der Waals surface area contributed by atoms with E-state index in [0.717, 1.165) is 22.5 Å². The third kappa shape index (κ3) is 6.25. The van der Waals surface area contributed by atoms with Crippen molar-refractivity contribution in [2.75, 3.05) is 11.9 Å². The van der Waals surface area contributed by atoms with Gasteiger partial charge in [0.15, 0.2) is 6.29 Å². The molecule has 0 unspecified atom stereocenters. The number of ether oxygens (including phenoxy) is 2. The van der Waals surface area contributed by atoms with Crippen LogP contribution in [0.3, 0.4) is 0 Å². The average molecular weight is 460 g/mol. The zero-order chi connectivity index (χ0) is 23.8. The van der Waals surface area contributed by atoms with Gasteiger partial charge in [0, 0.05) is 34.8 Å². The van der Waals surface area contributed by atoms with Gasteiger partial charge in [-0.3, -0.25) is 4.79 Å². The number of aliphatic carboxylic acids is 1. The molecule has 3 aromatic carbocycles. The van der Waals surface area contributed by atoms with Gasteiger partial charge >= 0.3 is 5.97 Å². The quantitative estimate of drug-likeness (QED) is 0.323. The van der Waals surface area contributed by atoms with Crippen molar-refractivity contribution in [2.45, 2.75) is 31.7 Å². The van der Waals surface area contributed by atoms with Crippen LogP contribution in [0.4, 0.5) is 11.4 Å². The molecule has 0 spiro atoms. The SMILES string of the molecule is O=C(O)CCC=CC[C@@H]1CO[C@H](c2ccc(Nc3ccccc3)cc2)O[C@@H]1c1ccccc1O. The Bertz CT molecular complexity index is 1100. The van der Waals surface area contributed by atoms with E-state index in [4.69, 9.17) is 14.6 Å². The highest BCUT2D eigenvalue weighted by Gasteiger charge is 2.34. The van der Waals surface area contributed by atoms with Crippen molar-refractivity contribution < 1.29 is 24.5 Å². The summed E-state index contributed by atoms with van der Waals surface area (Å²) in [6.45, 7) is 0.455. The Balaban J connectivity index is 1.46. The number of nitrogens with one attached hydrogen (secondary N) is 1. The maximum absolute atomic E-state index is 10.7. The molecule has 4 rings (SSSR count). The number of hydrogen-bond donors (Lipinski definition) is 3. The fourth-order valence-electron chi connectivity index (χ4n) is 4.01. The fraction of sp³-hybridized carbons (Fsp3) is 0.250. The van der Waals surface area contributed by atoms with Crippen molar-refractivity contribution >= 4 is 17.3 Å². The van der Waals surface area contributed by atoms with E-state index in [9.17, 15) is 9.90 Å². The molecule has 6 nitrogen and oxygen atoms in total. The maximum atomic E-state index is 10.7. The molecule has 1 heterocycles. The molecule has 3 atom stereocenters. The second-order valence-electron chi connectivity index (χ2n) is 8.29. The number of benzene rings is 3. The minimum Gasteiger partial charge on any atom is -0.508 e. The summed E-state index contributed by atoms with van der Waals surface area (Å²) in [4.78, 5) is 10.7. The second kappa shape index (κ2) is 11.5. The number of carbonyl (C=O) groups is 1. The number of carboxylic acid groups (broad SMARTS) is 1. The third-order valence-corrected chi connectivity index (χ3v) is 5.78. The standard InChI is InChI=1S/C28H29NO5/c30-25-13-8-7-12-24(25)27-21(9-3-1-6-14-26(31)32)19-33-28(34-27)20-15-17-23(18-16-20)29-22-10-4-2-5-11-22/h1-5,7-8,10-13,15-18,21,27-30H,6,9,14,19H2,(H,31,32)/t21-,27+,28+/m1/s1. The summed E-state index contributed by atoms with van der Waals surface area (Å²) >= 11 is 0. The zero-order valence-corrected chi connectivity index (χ0v) is 18.8. The summed E-state index contributed by atoms with van der Waals surface area (Å²) in [6, 6.07) is 25.1. The predicted octanol–water partition coefficient (Wildman–Crippen LogP) is 6.35. The third-order valence-electron chi connectivity index (χ3n) is 5.78. The van der Waals surface area contributed by atoms with Gasteiger partial charge < -0.3 is 25.0 Å². The molecule has 0 aliphatic carbocycles. The molecule has 1 saturated heterocycles. The van der Waals surface area contributed by atoms with Crippen LogP contribution in [0.2, 0.25) is 0 Å². The molecule has 0 saturated carbocycles. The van der Waals surface area contributed by atoms with Gasteiger partial charge in [-0.2, -0.15) is 0 Å². The van der Waals surface area contributed by atoms with E-state index >= 15 is 0 Å². The Morgan fingerprint density at radius 3 is 2.38 bits per heavy atom. The lowest BCUT2D eigenvalue weighted by Crippen LogP contribution is -2.30. The van der Waals surface area contributed by atoms with E-state index in [1.54, 1.807) is 12.1 Å². The van der Waals surface area contributed by atoms with Crippen molar-refractivity contribution in [2.24, 2.45) is 5.92 Å². The number of phenolic OH excluding ortho intramolecular Hbond substituents is 1. The van der Waals surface area contributed by atoms with E-state index in [1.165, 1.54) is 0 Å². The first-order chi connectivity index (χ1) is 16.6. The van der Waals surface area contributed by atoms with Gasteiger partial charge in [-0.25, -0.2) is 0 Å². The van der Waals surface area contributed by atoms with E-state index in [1.807, 2.05) is 78.9 Å². The molecule has 0 aromatic heterocycles. The van der Waals surface area contributed by atoms with E-state index < -0.39 is 12.3 Å². The molecule has 0 radical (unpaired) electrons. The Morgan fingerprint density at radius 1 is 0.941 bits per heavy atom. The van der Waals surface area contributed by atoms with Crippen LogP contribution in [0.15, 0.2) is 91.0 Å². The van der Waals surface area contributed by atoms with Crippen molar-refractivity contribution in [3.05, 3.63) is 102 Å². The summed E-state index contributed by atoms with van der Waals surface area (Å²) in [5.41, 5.74) is 3.60. The largest absolute Gasteiger partial charge is 0.508 e. The minimum atomic E-state index is -0.811. The van der Waals surface area contributed by atoms with Gasteiger partial charge in [0.1, 0.15) is 5.75 Å². The van der Waals surface area contributed by atoms with Crippen LogP contribution in [0.1, 0.15) is 42.8 Å². The number of rotatable bonds is 9. The fourth-order valence-corrected chi connectivity index (χ4v) is 4.01. The maximum Gasteiger partial charge on any atom is 0.303 e. The first-order valence-electron chi connectivity index (χ1n) is 11.4. The van der Waals surface area contributed by atoms with Crippen molar-refractivity contribution in [1.29, 1.82) is 0 Å². The van der Waals surface area contributed by atoms with Crippen LogP contribution in [-0.4, -0.2) is 22.8 Å². The zero-order valence-electron chi connectivity index (χ0n) is 18.8. The first kappa shape index (κ1) is 23.5. The van der Waals surface area contributed by atoms with E-state index in [0.29, 0.717) is 19.4 Å². The Labute approximate surface area is 199 Å². The number of para-hydroxylation sites is 2. The van der Waals surface area contributed by atoms with Crippen molar-refractivity contribution in [3.63, 3.8) is 0 Å². The summed E-state index contributed by atoms with van der Waals surface area (Å²) in [7, 11) is 0.